The van der Waals surface area contributed by atoms with Gasteiger partial charge < -0.3 is 10.5 Å². The molecule has 0 saturated carbocycles. The minimum absolute atomic E-state index is 0.659. The van der Waals surface area contributed by atoms with Crippen LogP contribution in [0.3, 0.4) is 0 Å². The lowest BCUT2D eigenvalue weighted by Crippen LogP contribution is -2.04. The predicted octanol–water partition coefficient (Wildman–Crippen LogP) is 3.26. The zero-order chi connectivity index (χ0) is 17.8. The molecular weight excluding hydrogens is 314 g/mol. The highest BCUT2D eigenvalue weighted by molar-refractivity contribution is 5.88. The predicted molar refractivity (Wildman–Crippen MR) is 99.6 cm³/mol. The molecule has 0 aliphatic heterocycles. The molecule has 0 saturated heterocycles. The fraction of sp³-hybridized carbons (Fsp3) is 0.211. The van der Waals surface area contributed by atoms with E-state index in [9.17, 15) is 0 Å². The van der Waals surface area contributed by atoms with Crippen LogP contribution in [0.2, 0.25) is 0 Å². The van der Waals surface area contributed by atoms with Crippen LogP contribution in [0.5, 0.6) is 5.75 Å². The standard InChI is InChI=1S/C19H21N5O/c1-4-6-14(20)10-15-7-8-22-24(15)18-12-21-23-17-11-19(25-3)13(5-2)9-16(17)18/h4,6-12H,5,20H2,1-3H3/b6-4-,14-10+. The second kappa shape index (κ2) is 7.17. The third-order valence-corrected chi connectivity index (χ3v) is 3.97. The van der Waals surface area contributed by atoms with Crippen LogP contribution in [-0.2, 0) is 6.42 Å². The summed E-state index contributed by atoms with van der Waals surface area (Å²) in [7, 11) is 1.66. The van der Waals surface area contributed by atoms with Gasteiger partial charge in [-0.25, -0.2) is 4.68 Å². The number of aromatic nitrogens is 4. The summed E-state index contributed by atoms with van der Waals surface area (Å²) in [5.74, 6) is 0.819. The molecule has 0 amide bonds. The molecule has 1 aromatic carbocycles. The van der Waals surface area contributed by atoms with E-state index in [1.54, 1.807) is 19.5 Å². The zero-order valence-corrected chi connectivity index (χ0v) is 14.6. The SMILES string of the molecule is C/C=C\C(N)=C/c1ccnn1-c1cnnc2cc(OC)c(CC)cc12. The largest absolute Gasteiger partial charge is 0.496 e. The van der Waals surface area contributed by atoms with E-state index in [1.807, 2.05) is 42.0 Å². The van der Waals surface area contributed by atoms with Gasteiger partial charge in [-0.05, 0) is 43.2 Å². The molecule has 0 bridgehead atoms. The van der Waals surface area contributed by atoms with E-state index in [0.29, 0.717) is 5.70 Å². The second-order valence-corrected chi connectivity index (χ2v) is 5.58. The number of rotatable bonds is 5. The fourth-order valence-electron chi connectivity index (χ4n) is 2.79. The van der Waals surface area contributed by atoms with Crippen LogP contribution in [0.25, 0.3) is 22.7 Å². The van der Waals surface area contributed by atoms with Crippen LogP contribution in [0.15, 0.2) is 48.4 Å². The molecule has 0 spiro atoms. The van der Waals surface area contributed by atoms with Crippen molar-refractivity contribution in [3.05, 3.63) is 59.7 Å². The summed E-state index contributed by atoms with van der Waals surface area (Å²) in [6.07, 6.45) is 9.94. The smallest absolute Gasteiger partial charge is 0.124 e. The Hall–Kier alpha value is -3.15. The third kappa shape index (κ3) is 3.24. The quantitative estimate of drug-likeness (QED) is 0.724. The monoisotopic (exact) mass is 335 g/mol. The molecule has 2 N–H and O–H groups in total. The topological polar surface area (TPSA) is 78.9 Å². The second-order valence-electron chi connectivity index (χ2n) is 5.58. The Morgan fingerprint density at radius 1 is 1.36 bits per heavy atom. The molecule has 0 aliphatic carbocycles. The van der Waals surface area contributed by atoms with Crippen molar-refractivity contribution in [3.63, 3.8) is 0 Å². The van der Waals surface area contributed by atoms with E-state index in [2.05, 4.69) is 28.3 Å². The van der Waals surface area contributed by atoms with Gasteiger partial charge in [0.2, 0.25) is 0 Å². The maximum absolute atomic E-state index is 6.01. The van der Waals surface area contributed by atoms with Crippen LogP contribution < -0.4 is 10.5 Å². The molecule has 6 heteroatoms. The average Bonchev–Trinajstić information content (AvgIpc) is 3.07. The van der Waals surface area contributed by atoms with Gasteiger partial charge in [0.1, 0.15) is 5.75 Å². The molecule has 0 fully saturated rings. The van der Waals surface area contributed by atoms with Crippen molar-refractivity contribution in [1.82, 2.24) is 20.0 Å². The molecule has 2 heterocycles. The molecular formula is C19H21N5O. The molecule has 0 radical (unpaired) electrons. The Balaban J connectivity index is 2.21. The highest BCUT2D eigenvalue weighted by Crippen LogP contribution is 2.29. The first kappa shape index (κ1) is 16.7. The van der Waals surface area contributed by atoms with Crippen molar-refractivity contribution in [2.24, 2.45) is 5.73 Å². The number of benzene rings is 1. The van der Waals surface area contributed by atoms with Gasteiger partial charge in [0.25, 0.3) is 0 Å². The van der Waals surface area contributed by atoms with Crippen LogP contribution in [0, 0.1) is 0 Å². The molecule has 6 nitrogen and oxygen atoms in total. The van der Waals surface area contributed by atoms with E-state index in [1.165, 1.54) is 0 Å². The van der Waals surface area contributed by atoms with Gasteiger partial charge in [-0.3, -0.25) is 0 Å². The number of hydrogen-bond donors (Lipinski definition) is 1. The Labute approximate surface area is 146 Å². The Kier molecular flexibility index (Phi) is 4.79. The zero-order valence-electron chi connectivity index (χ0n) is 14.6. The van der Waals surface area contributed by atoms with E-state index in [-0.39, 0.29) is 0 Å². The molecule has 25 heavy (non-hydrogen) atoms. The first-order chi connectivity index (χ1) is 12.2. The number of allylic oxidation sites excluding steroid dienone is 2. The van der Waals surface area contributed by atoms with Gasteiger partial charge in [-0.2, -0.15) is 15.3 Å². The van der Waals surface area contributed by atoms with Crippen molar-refractivity contribution < 1.29 is 4.74 Å². The summed E-state index contributed by atoms with van der Waals surface area (Å²) >= 11 is 0. The van der Waals surface area contributed by atoms with Crippen LogP contribution in [0.4, 0.5) is 0 Å². The number of fused-ring (bicyclic) bond motifs is 1. The maximum atomic E-state index is 6.01. The number of aryl methyl sites for hydroxylation is 1. The lowest BCUT2D eigenvalue weighted by atomic mass is 10.1. The Bertz CT molecular complexity index is 956. The van der Waals surface area contributed by atoms with Gasteiger partial charge in [0.15, 0.2) is 0 Å². The molecule has 3 aromatic rings. The first-order valence-electron chi connectivity index (χ1n) is 8.14. The van der Waals surface area contributed by atoms with Crippen molar-refractivity contribution in [3.8, 4) is 11.4 Å². The molecule has 0 aliphatic rings. The van der Waals surface area contributed by atoms with Gasteiger partial charge in [0, 0.05) is 17.1 Å². The van der Waals surface area contributed by atoms with Crippen LogP contribution >= 0.6 is 0 Å². The molecule has 2 aromatic heterocycles. The summed E-state index contributed by atoms with van der Waals surface area (Å²) in [6.45, 7) is 4.02. The number of nitrogens with two attached hydrogens (primary N) is 1. The fourth-order valence-corrected chi connectivity index (χ4v) is 2.79. The number of methoxy groups -OCH3 is 1. The molecule has 0 atom stereocenters. The summed E-state index contributed by atoms with van der Waals surface area (Å²) in [5.41, 5.74) is 10.3. The molecule has 0 unspecified atom stereocenters. The number of ether oxygens (including phenoxy) is 1. The molecule has 3 rings (SSSR count). The number of nitrogens with zero attached hydrogens (tertiary/aromatic N) is 4. The Morgan fingerprint density at radius 3 is 2.92 bits per heavy atom. The van der Waals surface area contributed by atoms with E-state index < -0.39 is 0 Å². The lowest BCUT2D eigenvalue weighted by Gasteiger charge is -2.12. The number of hydrogen-bond acceptors (Lipinski definition) is 5. The lowest BCUT2D eigenvalue weighted by molar-refractivity contribution is 0.410. The van der Waals surface area contributed by atoms with Crippen molar-refractivity contribution >= 4 is 17.0 Å². The first-order valence-corrected chi connectivity index (χ1v) is 8.14. The highest BCUT2D eigenvalue weighted by Gasteiger charge is 2.12. The van der Waals surface area contributed by atoms with Gasteiger partial charge in [0.05, 0.1) is 36.4 Å². The third-order valence-electron chi connectivity index (χ3n) is 3.97. The summed E-state index contributed by atoms with van der Waals surface area (Å²) < 4.78 is 7.27. The minimum atomic E-state index is 0.659. The Morgan fingerprint density at radius 2 is 2.20 bits per heavy atom. The van der Waals surface area contributed by atoms with Crippen LogP contribution in [0.1, 0.15) is 25.1 Å². The van der Waals surface area contributed by atoms with Gasteiger partial charge >= 0.3 is 0 Å². The van der Waals surface area contributed by atoms with E-state index >= 15 is 0 Å². The molecule has 128 valence electrons. The summed E-state index contributed by atoms with van der Waals surface area (Å²) in [5, 5.41) is 13.8. The van der Waals surface area contributed by atoms with Crippen molar-refractivity contribution in [2.45, 2.75) is 20.3 Å². The maximum Gasteiger partial charge on any atom is 0.124 e. The average molecular weight is 335 g/mol. The van der Waals surface area contributed by atoms with Gasteiger partial charge in [-0.15, -0.1) is 0 Å². The van der Waals surface area contributed by atoms with Crippen LogP contribution in [-0.4, -0.2) is 27.1 Å². The summed E-state index contributed by atoms with van der Waals surface area (Å²) in [6, 6.07) is 5.91. The van der Waals surface area contributed by atoms with Crippen molar-refractivity contribution in [2.75, 3.05) is 7.11 Å². The summed E-state index contributed by atoms with van der Waals surface area (Å²) in [4.78, 5) is 0. The van der Waals surface area contributed by atoms with Gasteiger partial charge in [-0.1, -0.05) is 13.0 Å². The van der Waals surface area contributed by atoms with Crippen molar-refractivity contribution in [1.29, 1.82) is 0 Å². The van der Waals surface area contributed by atoms with E-state index in [0.717, 1.165) is 40.0 Å². The highest BCUT2D eigenvalue weighted by atomic mass is 16.5. The van der Waals surface area contributed by atoms with E-state index in [4.69, 9.17) is 10.5 Å². The normalized spacial score (nSPS) is 12.2. The minimum Gasteiger partial charge on any atom is -0.496 e.